The van der Waals surface area contributed by atoms with Crippen molar-refractivity contribution in [1.29, 1.82) is 0 Å². The van der Waals surface area contributed by atoms with Crippen LogP contribution in [0, 0.1) is 13.8 Å². The Morgan fingerprint density at radius 1 is 1.07 bits per heavy atom. The molecule has 1 aliphatic rings. The number of methoxy groups -OCH3 is 1. The van der Waals surface area contributed by atoms with E-state index < -0.39 is 0 Å². The lowest BCUT2D eigenvalue weighted by Gasteiger charge is -2.23. The Balaban J connectivity index is 1.80. The van der Waals surface area contributed by atoms with Gasteiger partial charge in [-0.05, 0) is 62.6 Å². The maximum absolute atomic E-state index is 13.5. The van der Waals surface area contributed by atoms with Gasteiger partial charge in [0.2, 0.25) is 0 Å². The smallest absolute Gasteiger partial charge is 0.257 e. The van der Waals surface area contributed by atoms with Crippen LogP contribution < -0.4 is 10.1 Å². The number of likely N-dealkylation sites (tertiary alicyclic amines) is 1. The van der Waals surface area contributed by atoms with E-state index in [9.17, 15) is 4.79 Å². The number of carbonyl (C=O) groups is 1. The SMILES string of the molecule is COc1ccc(Nc2c(C(=O)N3CCCCCC3)cnc3nc(C)ccc23)c(C)c1. The molecular formula is C24H28N4O2. The van der Waals surface area contributed by atoms with E-state index in [0.29, 0.717) is 11.2 Å². The lowest BCUT2D eigenvalue weighted by Crippen LogP contribution is -2.32. The third-order valence-corrected chi connectivity index (χ3v) is 5.69. The van der Waals surface area contributed by atoms with Gasteiger partial charge in [0.25, 0.3) is 5.91 Å². The number of rotatable bonds is 4. The molecule has 0 saturated carbocycles. The van der Waals surface area contributed by atoms with E-state index in [1.165, 1.54) is 12.8 Å². The van der Waals surface area contributed by atoms with E-state index in [1.54, 1.807) is 13.3 Å². The highest BCUT2D eigenvalue weighted by Gasteiger charge is 2.23. The van der Waals surface area contributed by atoms with Crippen molar-refractivity contribution in [2.45, 2.75) is 39.5 Å². The molecule has 1 amide bonds. The summed E-state index contributed by atoms with van der Waals surface area (Å²) in [6.07, 6.45) is 6.13. The van der Waals surface area contributed by atoms with Crippen LogP contribution in [0.15, 0.2) is 36.5 Å². The molecule has 1 aromatic carbocycles. The number of ether oxygens (including phenoxy) is 1. The Labute approximate surface area is 177 Å². The Hall–Kier alpha value is -3.15. The number of hydrogen-bond acceptors (Lipinski definition) is 5. The molecule has 3 aromatic rings. The number of aryl methyl sites for hydroxylation is 2. The van der Waals surface area contributed by atoms with Crippen molar-refractivity contribution < 1.29 is 9.53 Å². The van der Waals surface area contributed by atoms with Gasteiger partial charge >= 0.3 is 0 Å². The van der Waals surface area contributed by atoms with Crippen LogP contribution >= 0.6 is 0 Å². The second kappa shape index (κ2) is 8.69. The van der Waals surface area contributed by atoms with Gasteiger partial charge in [0.15, 0.2) is 5.65 Å². The molecular weight excluding hydrogens is 376 g/mol. The summed E-state index contributed by atoms with van der Waals surface area (Å²) < 4.78 is 5.33. The van der Waals surface area contributed by atoms with Gasteiger partial charge in [0.1, 0.15) is 5.75 Å². The van der Waals surface area contributed by atoms with Crippen LogP contribution in [0.5, 0.6) is 5.75 Å². The van der Waals surface area contributed by atoms with Crippen molar-refractivity contribution in [3.05, 3.63) is 53.3 Å². The molecule has 156 valence electrons. The van der Waals surface area contributed by atoms with Crippen LogP contribution in [0.1, 0.15) is 47.3 Å². The van der Waals surface area contributed by atoms with E-state index in [4.69, 9.17) is 4.74 Å². The fraction of sp³-hybridized carbons (Fsp3) is 0.375. The number of aromatic nitrogens is 2. The maximum Gasteiger partial charge on any atom is 0.257 e. The van der Waals surface area contributed by atoms with Crippen molar-refractivity contribution >= 4 is 28.3 Å². The topological polar surface area (TPSA) is 67.3 Å². The zero-order valence-corrected chi connectivity index (χ0v) is 17.9. The van der Waals surface area contributed by atoms with E-state index in [1.807, 2.05) is 49.1 Å². The molecule has 0 unspecified atom stereocenters. The summed E-state index contributed by atoms with van der Waals surface area (Å²) in [6.45, 7) is 5.55. The van der Waals surface area contributed by atoms with Crippen LogP contribution in [0.25, 0.3) is 11.0 Å². The molecule has 30 heavy (non-hydrogen) atoms. The van der Waals surface area contributed by atoms with Gasteiger partial charge < -0.3 is 15.0 Å². The molecule has 1 aliphatic heterocycles. The second-order valence-corrected chi connectivity index (χ2v) is 7.88. The Morgan fingerprint density at radius 3 is 2.53 bits per heavy atom. The van der Waals surface area contributed by atoms with E-state index in [0.717, 1.165) is 59.7 Å². The molecule has 0 radical (unpaired) electrons. The number of benzene rings is 1. The summed E-state index contributed by atoms with van der Waals surface area (Å²) >= 11 is 0. The molecule has 0 aliphatic carbocycles. The first-order valence-electron chi connectivity index (χ1n) is 10.5. The molecule has 1 N–H and O–H groups in total. The quantitative estimate of drug-likeness (QED) is 0.662. The summed E-state index contributed by atoms with van der Waals surface area (Å²) in [4.78, 5) is 24.5. The van der Waals surface area contributed by atoms with Crippen molar-refractivity contribution in [3.8, 4) is 5.75 Å². The minimum atomic E-state index is 0.0283. The summed E-state index contributed by atoms with van der Waals surface area (Å²) in [5, 5.41) is 4.35. The highest BCUT2D eigenvalue weighted by molar-refractivity contribution is 6.07. The molecule has 6 nitrogen and oxygen atoms in total. The molecule has 0 spiro atoms. The first kappa shape index (κ1) is 20.1. The first-order valence-corrected chi connectivity index (χ1v) is 10.5. The highest BCUT2D eigenvalue weighted by atomic mass is 16.5. The van der Waals surface area contributed by atoms with E-state index in [2.05, 4.69) is 15.3 Å². The molecule has 4 rings (SSSR count). The van der Waals surface area contributed by atoms with Crippen LogP contribution in [0.4, 0.5) is 11.4 Å². The van der Waals surface area contributed by atoms with Gasteiger partial charge in [-0.15, -0.1) is 0 Å². The third-order valence-electron chi connectivity index (χ3n) is 5.69. The van der Waals surface area contributed by atoms with Crippen molar-refractivity contribution in [1.82, 2.24) is 14.9 Å². The third kappa shape index (κ3) is 4.08. The van der Waals surface area contributed by atoms with Gasteiger partial charge in [-0.25, -0.2) is 9.97 Å². The summed E-state index contributed by atoms with van der Waals surface area (Å²) in [6, 6.07) is 9.81. The molecule has 0 atom stereocenters. The molecule has 0 bridgehead atoms. The van der Waals surface area contributed by atoms with Crippen molar-refractivity contribution in [3.63, 3.8) is 0 Å². The summed E-state index contributed by atoms with van der Waals surface area (Å²) in [5.41, 5.74) is 4.84. The highest BCUT2D eigenvalue weighted by Crippen LogP contribution is 2.32. The van der Waals surface area contributed by atoms with Crippen LogP contribution in [-0.2, 0) is 0 Å². The molecule has 6 heteroatoms. The molecule has 2 aromatic heterocycles. The van der Waals surface area contributed by atoms with Crippen LogP contribution in [0.2, 0.25) is 0 Å². The maximum atomic E-state index is 13.5. The lowest BCUT2D eigenvalue weighted by molar-refractivity contribution is 0.0762. The second-order valence-electron chi connectivity index (χ2n) is 7.88. The number of pyridine rings is 2. The zero-order valence-electron chi connectivity index (χ0n) is 17.9. The Morgan fingerprint density at radius 2 is 1.83 bits per heavy atom. The number of hydrogen-bond donors (Lipinski definition) is 1. The number of amides is 1. The number of fused-ring (bicyclic) bond motifs is 1. The fourth-order valence-electron chi connectivity index (χ4n) is 3.95. The predicted octanol–water partition coefficient (Wildman–Crippen LogP) is 5.02. The normalized spacial score (nSPS) is 14.4. The minimum Gasteiger partial charge on any atom is -0.497 e. The van der Waals surface area contributed by atoms with Crippen molar-refractivity contribution in [2.24, 2.45) is 0 Å². The number of nitrogens with one attached hydrogen (secondary N) is 1. The number of nitrogens with zero attached hydrogens (tertiary/aromatic N) is 3. The fourth-order valence-corrected chi connectivity index (χ4v) is 3.95. The summed E-state index contributed by atoms with van der Waals surface area (Å²) in [5.74, 6) is 0.830. The van der Waals surface area contributed by atoms with Crippen molar-refractivity contribution in [2.75, 3.05) is 25.5 Å². The molecule has 1 fully saturated rings. The van der Waals surface area contributed by atoms with Crippen LogP contribution in [0.3, 0.4) is 0 Å². The van der Waals surface area contributed by atoms with Gasteiger partial charge in [0.05, 0.1) is 18.4 Å². The number of anilines is 2. The number of carbonyl (C=O) groups excluding carboxylic acids is 1. The average molecular weight is 405 g/mol. The Kier molecular flexibility index (Phi) is 5.84. The van der Waals surface area contributed by atoms with Crippen LogP contribution in [-0.4, -0.2) is 41.0 Å². The average Bonchev–Trinajstić information content (AvgIpc) is 3.04. The monoisotopic (exact) mass is 404 g/mol. The largest absolute Gasteiger partial charge is 0.497 e. The zero-order chi connectivity index (χ0) is 21.1. The van der Waals surface area contributed by atoms with Gasteiger partial charge in [-0.1, -0.05) is 12.8 Å². The van der Waals surface area contributed by atoms with Gasteiger partial charge in [0, 0.05) is 36.1 Å². The minimum absolute atomic E-state index is 0.0283. The lowest BCUT2D eigenvalue weighted by atomic mass is 10.1. The standard InChI is InChI=1S/C24H28N4O2/c1-16-14-18(30-3)9-11-21(16)27-22-19-10-8-17(2)26-23(19)25-15-20(22)24(29)28-12-6-4-5-7-13-28/h8-11,14-15H,4-7,12-13H2,1-3H3,(H,25,26,27). The summed E-state index contributed by atoms with van der Waals surface area (Å²) in [7, 11) is 1.66. The predicted molar refractivity (Wildman–Crippen MR) is 120 cm³/mol. The molecule has 3 heterocycles. The van der Waals surface area contributed by atoms with Gasteiger partial charge in [-0.2, -0.15) is 0 Å². The van der Waals surface area contributed by atoms with Gasteiger partial charge in [-0.3, -0.25) is 4.79 Å². The Bertz CT molecular complexity index is 1070. The van der Waals surface area contributed by atoms with E-state index >= 15 is 0 Å². The molecule has 1 saturated heterocycles. The van der Waals surface area contributed by atoms with E-state index in [-0.39, 0.29) is 5.91 Å². The first-order chi connectivity index (χ1) is 14.6.